The molecule has 0 bridgehead atoms. The first-order valence-electron chi connectivity index (χ1n) is 18.2. The highest BCUT2D eigenvalue weighted by Gasteiger charge is 2.68. The quantitative estimate of drug-likeness (QED) is 0.147. The third kappa shape index (κ3) is 7.01. The summed E-state index contributed by atoms with van der Waals surface area (Å²) in [5.74, 6) is -0.259. The molecule has 0 spiro atoms. The lowest BCUT2D eigenvalue weighted by molar-refractivity contribution is -0.280. The van der Waals surface area contributed by atoms with Crippen molar-refractivity contribution in [1.29, 1.82) is 0 Å². The first kappa shape index (κ1) is 39.1. The summed E-state index contributed by atoms with van der Waals surface area (Å²) in [6.07, 6.45) is -0.118. The van der Waals surface area contributed by atoms with Gasteiger partial charge in [-0.05, 0) is 42.6 Å². The van der Waals surface area contributed by atoms with Crippen LogP contribution in [0, 0.1) is 0 Å². The molecule has 0 N–H and O–H groups in total. The van der Waals surface area contributed by atoms with E-state index in [1.54, 1.807) is 0 Å². The molecule has 0 saturated carbocycles. The molecule has 3 aliphatic heterocycles. The highest BCUT2D eigenvalue weighted by atomic mass is 28.4. The first-order chi connectivity index (χ1) is 23.1. The zero-order valence-electron chi connectivity index (χ0n) is 32.6. The molecule has 5 rings (SSSR count). The molecule has 0 radical (unpaired) electrons. The molecule has 3 heterocycles. The fourth-order valence-corrected chi connectivity index (χ4v) is 18.2. The van der Waals surface area contributed by atoms with Crippen molar-refractivity contribution in [3.63, 3.8) is 0 Å². The normalized spacial score (nSPS) is 30.0. The van der Waals surface area contributed by atoms with Gasteiger partial charge in [0.1, 0.15) is 35.8 Å². The van der Waals surface area contributed by atoms with E-state index in [-0.39, 0.29) is 15.1 Å². The van der Waals surface area contributed by atoms with Crippen molar-refractivity contribution < 1.29 is 32.2 Å². The van der Waals surface area contributed by atoms with Gasteiger partial charge in [0.05, 0.1) is 13.2 Å². The van der Waals surface area contributed by atoms with E-state index in [0.717, 1.165) is 0 Å². The number of benzene rings is 2. The summed E-state index contributed by atoms with van der Waals surface area (Å²) in [5.41, 5.74) is -0.853. The van der Waals surface area contributed by atoms with E-state index in [1.807, 2.05) is 19.9 Å². The molecule has 0 aliphatic carbocycles. The van der Waals surface area contributed by atoms with Crippen molar-refractivity contribution in [3.8, 4) is 0 Å². The van der Waals surface area contributed by atoms with Crippen LogP contribution < -0.4 is 10.4 Å². The maximum atomic E-state index is 8.09. The van der Waals surface area contributed by atoms with E-state index in [9.17, 15) is 0 Å². The van der Waals surface area contributed by atoms with Crippen LogP contribution in [0.15, 0.2) is 85.7 Å². The van der Waals surface area contributed by atoms with Crippen molar-refractivity contribution in [2.75, 3.05) is 13.2 Å². The number of hydrogen-bond donors (Lipinski definition) is 0. The molecular weight excluding hydrogens is 661 g/mol. The molecule has 0 aromatic heterocycles. The second-order valence-corrected chi connectivity index (χ2v) is 27.0. The van der Waals surface area contributed by atoms with Gasteiger partial charge in [-0.2, -0.15) is 0 Å². The average molecular weight is 723 g/mol. The Hall–Kier alpha value is -2.09. The molecule has 9 heteroatoms. The molecule has 0 amide bonds. The molecule has 7 nitrogen and oxygen atoms in total. The van der Waals surface area contributed by atoms with E-state index in [1.165, 1.54) is 10.4 Å². The molecular formula is C41H62O7Si2. The number of hydrogen-bond acceptors (Lipinski definition) is 7. The Morgan fingerprint density at radius 3 is 1.84 bits per heavy atom. The topological polar surface area (TPSA) is 64.6 Å². The molecule has 3 saturated heterocycles. The minimum absolute atomic E-state index is 0.249. The Balaban J connectivity index is 1.75. The van der Waals surface area contributed by atoms with Gasteiger partial charge >= 0.3 is 8.56 Å². The van der Waals surface area contributed by atoms with Gasteiger partial charge in [0, 0.05) is 10.1 Å². The SMILES string of the molecule is C=CC[C@]1(C)O[C@@H]2CO[Si](C(C)(C)C)(C(C)(C)C)O[C@H]2[C@H](O[Si](c2ccccc2)(c2ccccc2)C(C)(C)C)[C@H]1OC(=C)[C@H]1COC(C)(C)O1. The monoisotopic (exact) mass is 722 g/mol. The molecule has 3 aliphatic rings. The molecule has 50 heavy (non-hydrogen) atoms. The van der Waals surface area contributed by atoms with Crippen molar-refractivity contribution >= 4 is 27.3 Å². The lowest BCUT2D eigenvalue weighted by Crippen LogP contribution is -2.77. The predicted octanol–water partition coefficient (Wildman–Crippen LogP) is 8.17. The molecule has 2 aromatic carbocycles. The predicted molar refractivity (Wildman–Crippen MR) is 206 cm³/mol. The van der Waals surface area contributed by atoms with Gasteiger partial charge in [0.15, 0.2) is 11.9 Å². The van der Waals surface area contributed by atoms with Crippen molar-refractivity contribution in [2.24, 2.45) is 0 Å². The van der Waals surface area contributed by atoms with E-state index < -0.39 is 58.8 Å². The standard InChI is InChI=1S/C41H62O7Si2/c1-15-26-41(14)36(44-29(2)32-27-42-40(12,13)45-32)35(34-33(46-41)28-43-50(48-34,38(6,7)8)39(9,10)11)47-49(37(3,4)5,30-22-18-16-19-23-30)31-24-20-17-21-25-31/h15-25,32-36H,1-2,26-28H2,3-14H3/t32-,33-,34-,35+,36-,41+/m1/s1. The van der Waals surface area contributed by atoms with Gasteiger partial charge in [0.2, 0.25) is 0 Å². The zero-order chi connectivity index (χ0) is 37.0. The summed E-state index contributed by atoms with van der Waals surface area (Å²) < 4.78 is 49.1. The average Bonchev–Trinajstić information content (AvgIpc) is 3.39. The second kappa shape index (κ2) is 13.7. The minimum Gasteiger partial charge on any atom is -0.487 e. The summed E-state index contributed by atoms with van der Waals surface area (Å²) in [6, 6.07) is 21.5. The molecule has 0 unspecified atom stereocenters. The fraction of sp³-hybridized carbons (Fsp3) is 0.610. The Labute approximate surface area is 304 Å². The maximum Gasteiger partial charge on any atom is 0.349 e. The smallest absolute Gasteiger partial charge is 0.349 e. The van der Waals surface area contributed by atoms with Crippen LogP contribution in [-0.2, 0) is 32.2 Å². The highest BCUT2D eigenvalue weighted by molar-refractivity contribution is 6.99. The summed E-state index contributed by atoms with van der Waals surface area (Å²) in [4.78, 5) is 0. The highest BCUT2D eigenvalue weighted by Crippen LogP contribution is 2.56. The third-order valence-corrected chi connectivity index (χ3v) is 20.8. The van der Waals surface area contributed by atoms with Gasteiger partial charge in [-0.15, -0.1) is 6.58 Å². The van der Waals surface area contributed by atoms with Crippen LogP contribution in [0.2, 0.25) is 15.1 Å². The summed E-state index contributed by atoms with van der Waals surface area (Å²) in [7, 11) is -6.12. The minimum atomic E-state index is -3.14. The van der Waals surface area contributed by atoms with Gasteiger partial charge in [-0.3, -0.25) is 0 Å². The van der Waals surface area contributed by atoms with E-state index >= 15 is 0 Å². The van der Waals surface area contributed by atoms with Crippen LogP contribution in [0.4, 0.5) is 0 Å². The Kier molecular flexibility index (Phi) is 10.7. The largest absolute Gasteiger partial charge is 0.487 e. The molecule has 3 fully saturated rings. The van der Waals surface area contributed by atoms with Crippen LogP contribution in [0.25, 0.3) is 0 Å². The van der Waals surface area contributed by atoms with Crippen LogP contribution in [0.1, 0.15) is 89.5 Å². The molecule has 2 aromatic rings. The lowest BCUT2D eigenvalue weighted by atomic mass is 9.83. The number of fused-ring (bicyclic) bond motifs is 1. The molecule has 6 atom stereocenters. The van der Waals surface area contributed by atoms with Crippen molar-refractivity contribution in [3.05, 3.63) is 85.7 Å². The van der Waals surface area contributed by atoms with E-state index in [4.69, 9.17) is 32.2 Å². The summed E-state index contributed by atoms with van der Waals surface area (Å²) in [5, 5.41) is 1.57. The van der Waals surface area contributed by atoms with Crippen LogP contribution in [-0.4, -0.2) is 72.0 Å². The van der Waals surface area contributed by atoms with Crippen molar-refractivity contribution in [1.82, 2.24) is 0 Å². The Morgan fingerprint density at radius 2 is 1.40 bits per heavy atom. The Morgan fingerprint density at radius 1 is 0.860 bits per heavy atom. The van der Waals surface area contributed by atoms with Crippen LogP contribution in [0.5, 0.6) is 0 Å². The van der Waals surface area contributed by atoms with Gasteiger partial charge < -0.3 is 32.2 Å². The van der Waals surface area contributed by atoms with E-state index in [2.05, 4.69) is 143 Å². The lowest BCUT2D eigenvalue weighted by Gasteiger charge is -2.61. The van der Waals surface area contributed by atoms with E-state index in [0.29, 0.717) is 25.4 Å². The van der Waals surface area contributed by atoms with Crippen LogP contribution >= 0.6 is 0 Å². The number of rotatable bonds is 9. The van der Waals surface area contributed by atoms with Crippen molar-refractivity contribution in [2.45, 2.75) is 147 Å². The van der Waals surface area contributed by atoms with Gasteiger partial charge in [-0.1, -0.05) is 136 Å². The summed E-state index contributed by atoms with van der Waals surface area (Å²) >= 11 is 0. The number of ether oxygens (including phenoxy) is 4. The fourth-order valence-electron chi connectivity index (χ4n) is 8.57. The zero-order valence-corrected chi connectivity index (χ0v) is 34.6. The first-order valence-corrected chi connectivity index (χ1v) is 21.9. The summed E-state index contributed by atoms with van der Waals surface area (Å²) in [6.45, 7) is 35.6. The Bertz CT molecular complexity index is 1440. The van der Waals surface area contributed by atoms with Crippen LogP contribution in [0.3, 0.4) is 0 Å². The van der Waals surface area contributed by atoms with Gasteiger partial charge in [0.25, 0.3) is 8.32 Å². The maximum absolute atomic E-state index is 8.09. The molecule has 276 valence electrons. The van der Waals surface area contributed by atoms with Gasteiger partial charge in [-0.25, -0.2) is 0 Å². The third-order valence-electron chi connectivity index (χ3n) is 10.7. The second-order valence-electron chi connectivity index (χ2n) is 18.0.